The lowest BCUT2D eigenvalue weighted by atomic mass is 10.0. The van der Waals surface area contributed by atoms with Gasteiger partial charge in [-0.2, -0.15) is 0 Å². The third kappa shape index (κ3) is 5.37. The second kappa shape index (κ2) is 8.19. The lowest BCUT2D eigenvalue weighted by Crippen LogP contribution is -2.24. The molecule has 0 fully saturated rings. The smallest absolute Gasteiger partial charge is 0.339 e. The van der Waals surface area contributed by atoms with Gasteiger partial charge in [0.1, 0.15) is 12.6 Å². The maximum Gasteiger partial charge on any atom is 0.339 e. The highest BCUT2D eigenvalue weighted by Gasteiger charge is 2.19. The van der Waals surface area contributed by atoms with Gasteiger partial charge in [-0.05, 0) is 49.2 Å². The molecule has 24 heavy (non-hydrogen) atoms. The molecule has 0 aromatic heterocycles. The van der Waals surface area contributed by atoms with E-state index in [0.29, 0.717) is 17.7 Å². The maximum absolute atomic E-state index is 12.5. The van der Waals surface area contributed by atoms with Crippen LogP contribution in [0.1, 0.15) is 36.7 Å². The first-order chi connectivity index (χ1) is 11.3. The summed E-state index contributed by atoms with van der Waals surface area (Å²) in [5.41, 5.74) is 0.943. The molecule has 0 amide bonds. The molecule has 0 aliphatic heterocycles. The number of hydrogen-bond acceptors (Lipinski definition) is 5. The van der Waals surface area contributed by atoms with Crippen molar-refractivity contribution in [2.75, 3.05) is 13.0 Å². The quantitative estimate of drug-likeness (QED) is 0.404. The van der Waals surface area contributed by atoms with Crippen molar-refractivity contribution < 1.29 is 18.8 Å². The van der Waals surface area contributed by atoms with Gasteiger partial charge in [0.2, 0.25) is 0 Å². The summed E-state index contributed by atoms with van der Waals surface area (Å²) >= 11 is 1.33. The lowest BCUT2D eigenvalue weighted by molar-refractivity contribution is 0.00718. The molecule has 2 rings (SSSR count). The molecule has 1 unspecified atom stereocenters. The number of ether oxygens (including phenoxy) is 2. The number of fused-ring (bicyclic) bond motifs is 1. The Bertz CT molecular complexity index is 752. The first kappa shape index (κ1) is 19.0. The summed E-state index contributed by atoms with van der Waals surface area (Å²) in [7, 11) is -0.219. The molecule has 0 N–H and O–H groups in total. The molecule has 130 valence electrons. The topological polar surface area (TPSA) is 52.6 Å². The summed E-state index contributed by atoms with van der Waals surface area (Å²) in [4.78, 5) is 12.5. The fraction of sp³-hybridized carbons (Fsp3) is 0.389. The number of rotatable bonds is 6. The second-order valence-electron chi connectivity index (χ2n) is 6.46. The minimum Gasteiger partial charge on any atom is -0.456 e. The molecule has 2 aromatic rings. The van der Waals surface area contributed by atoms with E-state index in [1.54, 1.807) is 13.2 Å². The molecule has 0 radical (unpaired) electrons. The van der Waals surface area contributed by atoms with Crippen LogP contribution in [0.4, 0.5) is 0 Å². The summed E-state index contributed by atoms with van der Waals surface area (Å²) in [5.74, 6) is 0.0841. The van der Waals surface area contributed by atoms with Crippen LogP contribution in [-0.2, 0) is 20.2 Å². The van der Waals surface area contributed by atoms with E-state index in [9.17, 15) is 9.36 Å². The molecule has 1 atom stereocenters. The van der Waals surface area contributed by atoms with Crippen molar-refractivity contribution in [1.82, 2.24) is 0 Å². The van der Waals surface area contributed by atoms with Gasteiger partial charge in [0, 0.05) is 13.3 Å². The third-order valence-corrected chi connectivity index (χ3v) is 6.38. The Morgan fingerprint density at radius 3 is 2.62 bits per heavy atom. The van der Waals surface area contributed by atoms with E-state index in [-0.39, 0.29) is 5.97 Å². The molecular weight excluding hydrogens is 343 g/mol. The Kier molecular flexibility index (Phi) is 6.50. The maximum atomic E-state index is 12.5. The zero-order valence-corrected chi connectivity index (χ0v) is 16.2. The van der Waals surface area contributed by atoms with Gasteiger partial charge in [-0.3, -0.25) is 0 Å². The van der Waals surface area contributed by atoms with Crippen molar-refractivity contribution >= 4 is 35.1 Å². The van der Waals surface area contributed by atoms with E-state index < -0.39 is 12.6 Å². The van der Waals surface area contributed by atoms with E-state index in [0.717, 1.165) is 16.3 Å². The first-order valence-electron chi connectivity index (χ1n) is 7.70. The van der Waals surface area contributed by atoms with E-state index >= 15 is 0 Å². The SMILES string of the molecule is COCS[PH](=O)Cc1ccc2cccc(C(=O)OC(C)(C)C)c2c1. The van der Waals surface area contributed by atoms with Crippen LogP contribution in [0.15, 0.2) is 36.4 Å². The van der Waals surface area contributed by atoms with Crippen LogP contribution in [0.2, 0.25) is 0 Å². The molecule has 4 nitrogen and oxygen atoms in total. The predicted molar refractivity (Wildman–Crippen MR) is 101 cm³/mol. The summed E-state index contributed by atoms with van der Waals surface area (Å²) < 4.78 is 22.5. The molecule has 0 saturated heterocycles. The van der Waals surface area contributed by atoms with E-state index in [1.807, 2.05) is 51.1 Å². The zero-order chi connectivity index (χ0) is 17.7. The monoisotopic (exact) mass is 366 g/mol. The molecule has 0 bridgehead atoms. The summed E-state index contributed by atoms with van der Waals surface area (Å²) in [6.07, 6.45) is 0.483. The van der Waals surface area contributed by atoms with Gasteiger partial charge in [0.25, 0.3) is 0 Å². The molecular formula is C18H23O4PS. The van der Waals surface area contributed by atoms with Gasteiger partial charge >= 0.3 is 5.97 Å². The Morgan fingerprint density at radius 1 is 1.21 bits per heavy atom. The number of carbonyl (C=O) groups excluding carboxylic acids is 1. The van der Waals surface area contributed by atoms with Crippen LogP contribution in [0.3, 0.4) is 0 Å². The van der Waals surface area contributed by atoms with Crippen LogP contribution in [-0.4, -0.2) is 24.6 Å². The summed E-state index contributed by atoms with van der Waals surface area (Å²) in [6, 6.07) is 11.4. The van der Waals surface area contributed by atoms with Crippen LogP contribution in [0.25, 0.3) is 10.8 Å². The Hall–Kier alpha value is -1.29. The minimum absolute atomic E-state index is 0.341. The number of carbonyl (C=O) groups is 1. The summed E-state index contributed by atoms with van der Waals surface area (Å²) in [6.45, 7) is 5.54. The largest absolute Gasteiger partial charge is 0.456 e. The number of benzene rings is 2. The van der Waals surface area contributed by atoms with Gasteiger partial charge in [0.05, 0.1) is 11.5 Å². The fourth-order valence-corrected chi connectivity index (χ4v) is 4.74. The average Bonchev–Trinajstić information content (AvgIpc) is 2.50. The van der Waals surface area contributed by atoms with Gasteiger partial charge in [-0.15, -0.1) is 0 Å². The molecule has 0 spiro atoms. The standard InChI is InChI=1S/C18H23O4PS/c1-18(2,3)22-17(19)15-7-5-6-14-9-8-13(10-16(14)15)11-23(20)24-12-21-4/h5-10,23H,11-12H2,1-4H3. The van der Waals surface area contributed by atoms with Crippen LogP contribution >= 0.6 is 18.4 Å². The van der Waals surface area contributed by atoms with E-state index in [1.165, 1.54) is 11.4 Å². The third-order valence-electron chi connectivity index (χ3n) is 3.25. The number of methoxy groups -OCH3 is 1. The van der Waals surface area contributed by atoms with Gasteiger partial charge in [-0.25, -0.2) is 4.79 Å². The molecule has 0 heterocycles. The second-order valence-corrected chi connectivity index (χ2v) is 10.3. The highest BCUT2D eigenvalue weighted by atomic mass is 32.7. The first-order valence-corrected chi connectivity index (χ1v) is 11.0. The van der Waals surface area contributed by atoms with E-state index in [4.69, 9.17) is 9.47 Å². The molecule has 0 aliphatic rings. The minimum atomic E-state index is -1.81. The molecule has 0 aliphatic carbocycles. The molecule has 2 aromatic carbocycles. The van der Waals surface area contributed by atoms with Crippen molar-refractivity contribution in [1.29, 1.82) is 0 Å². The zero-order valence-electron chi connectivity index (χ0n) is 14.4. The Balaban J connectivity index is 2.31. The average molecular weight is 366 g/mol. The lowest BCUT2D eigenvalue weighted by Gasteiger charge is -2.20. The Labute approximate surface area is 147 Å². The fourth-order valence-electron chi connectivity index (χ4n) is 2.28. The van der Waals surface area contributed by atoms with Crippen molar-refractivity contribution in [2.45, 2.75) is 32.5 Å². The normalized spacial score (nSPS) is 13.0. The molecule has 0 saturated carbocycles. The van der Waals surface area contributed by atoms with Crippen molar-refractivity contribution in [3.8, 4) is 0 Å². The number of esters is 1. The van der Waals surface area contributed by atoms with Gasteiger partial charge in [0.15, 0.2) is 0 Å². The van der Waals surface area contributed by atoms with Crippen molar-refractivity contribution in [3.63, 3.8) is 0 Å². The van der Waals surface area contributed by atoms with Crippen LogP contribution in [0.5, 0.6) is 0 Å². The van der Waals surface area contributed by atoms with Crippen molar-refractivity contribution in [2.24, 2.45) is 0 Å². The highest BCUT2D eigenvalue weighted by Crippen LogP contribution is 2.41. The summed E-state index contributed by atoms with van der Waals surface area (Å²) in [5, 5.41) is 1.79. The van der Waals surface area contributed by atoms with Crippen LogP contribution < -0.4 is 0 Å². The predicted octanol–water partition coefficient (Wildman–Crippen LogP) is 5.11. The Morgan fingerprint density at radius 2 is 1.96 bits per heavy atom. The van der Waals surface area contributed by atoms with Gasteiger partial charge in [-0.1, -0.05) is 35.6 Å². The van der Waals surface area contributed by atoms with E-state index in [2.05, 4.69) is 0 Å². The number of hydrogen-bond donors (Lipinski definition) is 0. The van der Waals surface area contributed by atoms with Crippen LogP contribution in [0, 0.1) is 0 Å². The molecule has 6 heteroatoms. The van der Waals surface area contributed by atoms with Crippen molar-refractivity contribution in [3.05, 3.63) is 47.5 Å². The highest BCUT2D eigenvalue weighted by molar-refractivity contribution is 8.51. The van der Waals surface area contributed by atoms with Gasteiger partial charge < -0.3 is 14.0 Å².